The molecule has 1 amide bonds. The van der Waals surface area contributed by atoms with Gasteiger partial charge >= 0.3 is 0 Å². The maximum Gasteiger partial charge on any atom is 0.271 e. The Morgan fingerprint density at radius 1 is 1.11 bits per heavy atom. The second-order valence-corrected chi connectivity index (χ2v) is 7.53. The average molecular weight is 410 g/mol. The van der Waals surface area contributed by atoms with E-state index >= 15 is 0 Å². The van der Waals surface area contributed by atoms with Crippen LogP contribution in [0.5, 0.6) is 0 Å². The van der Waals surface area contributed by atoms with Crippen LogP contribution in [-0.4, -0.2) is 15.5 Å². The lowest BCUT2D eigenvalue weighted by Gasteiger charge is -2.08. The van der Waals surface area contributed by atoms with Crippen molar-refractivity contribution in [3.63, 3.8) is 0 Å². The molecule has 140 valence electrons. The lowest BCUT2D eigenvalue weighted by molar-refractivity contribution is -0.121. The molecular formula is C21H16ClN3O2S. The molecule has 0 saturated heterocycles. The molecule has 0 aliphatic rings. The zero-order valence-corrected chi connectivity index (χ0v) is 16.3. The lowest BCUT2D eigenvalue weighted by atomic mass is 10.1. The molecule has 0 spiro atoms. The third-order valence-corrected chi connectivity index (χ3v) is 5.70. The minimum atomic E-state index is -0.275. The van der Waals surface area contributed by atoms with Crippen LogP contribution in [-0.2, 0) is 17.9 Å². The summed E-state index contributed by atoms with van der Waals surface area (Å²) in [6.45, 7) is 0.213. The first-order valence-corrected chi connectivity index (χ1v) is 9.91. The molecule has 1 N–H and O–H groups in total. The molecule has 0 aliphatic carbocycles. The van der Waals surface area contributed by atoms with E-state index in [1.807, 2.05) is 53.9 Å². The molecule has 0 radical (unpaired) electrons. The van der Waals surface area contributed by atoms with E-state index in [-0.39, 0.29) is 18.0 Å². The van der Waals surface area contributed by atoms with E-state index in [2.05, 4.69) is 10.3 Å². The van der Waals surface area contributed by atoms with Crippen LogP contribution in [0.3, 0.4) is 0 Å². The number of hydrogen-bond acceptors (Lipinski definition) is 4. The van der Waals surface area contributed by atoms with Gasteiger partial charge < -0.3 is 5.32 Å². The zero-order chi connectivity index (χ0) is 19.5. The second-order valence-electron chi connectivity index (χ2n) is 6.24. The van der Waals surface area contributed by atoms with Gasteiger partial charge in [0.05, 0.1) is 11.8 Å². The molecule has 0 unspecified atom stereocenters. The van der Waals surface area contributed by atoms with Crippen LogP contribution in [0.25, 0.3) is 21.3 Å². The molecule has 2 heterocycles. The molecule has 28 heavy (non-hydrogen) atoms. The summed E-state index contributed by atoms with van der Waals surface area (Å²) >= 11 is 7.44. The van der Waals surface area contributed by atoms with Gasteiger partial charge in [-0.2, -0.15) is 0 Å². The third kappa shape index (κ3) is 3.69. The Balaban J connectivity index is 1.53. The smallest absolute Gasteiger partial charge is 0.271 e. The van der Waals surface area contributed by atoms with Crippen LogP contribution in [0.2, 0.25) is 5.02 Å². The summed E-state index contributed by atoms with van der Waals surface area (Å²) in [6.07, 6.45) is 1.43. The summed E-state index contributed by atoms with van der Waals surface area (Å²) in [6, 6.07) is 17.1. The predicted octanol–water partition coefficient (Wildman–Crippen LogP) is 4.09. The summed E-state index contributed by atoms with van der Waals surface area (Å²) < 4.78 is 1.87. The Hall–Kier alpha value is -2.96. The highest BCUT2D eigenvalue weighted by atomic mass is 35.5. The van der Waals surface area contributed by atoms with Crippen LogP contribution in [0.4, 0.5) is 0 Å². The van der Waals surface area contributed by atoms with Crippen LogP contribution in [0, 0.1) is 0 Å². The fourth-order valence-electron chi connectivity index (χ4n) is 2.92. The molecule has 0 fully saturated rings. The van der Waals surface area contributed by atoms with E-state index in [9.17, 15) is 9.59 Å². The molecular weight excluding hydrogens is 394 g/mol. The standard InChI is InChI=1S/C21H16ClN3O2S/c22-17-9-5-4-8-15(17)10-23-18(26)11-25-13-24-19-16(12-28-20(19)21(25)27)14-6-2-1-3-7-14/h1-9,12-13H,10-11H2,(H,23,26). The van der Waals surface area contributed by atoms with Crippen molar-refractivity contribution in [1.29, 1.82) is 0 Å². The van der Waals surface area contributed by atoms with Gasteiger partial charge in [-0.25, -0.2) is 4.98 Å². The number of carbonyl (C=O) groups excluding carboxylic acids is 1. The van der Waals surface area contributed by atoms with Crippen molar-refractivity contribution in [2.24, 2.45) is 0 Å². The van der Waals surface area contributed by atoms with Crippen LogP contribution >= 0.6 is 22.9 Å². The first kappa shape index (κ1) is 18.4. The van der Waals surface area contributed by atoms with Gasteiger partial charge in [0, 0.05) is 22.5 Å². The number of halogens is 1. The molecule has 0 saturated carbocycles. The van der Waals surface area contributed by atoms with Crippen molar-refractivity contribution < 1.29 is 4.79 Å². The van der Waals surface area contributed by atoms with Gasteiger partial charge in [-0.05, 0) is 17.2 Å². The number of fused-ring (bicyclic) bond motifs is 1. The summed E-state index contributed by atoms with van der Waals surface area (Å²) in [5.41, 5.74) is 3.20. The molecule has 5 nitrogen and oxygen atoms in total. The van der Waals surface area contributed by atoms with Gasteiger partial charge in [0.2, 0.25) is 5.91 Å². The minimum Gasteiger partial charge on any atom is -0.350 e. The molecule has 0 atom stereocenters. The van der Waals surface area contributed by atoms with Gasteiger partial charge in [-0.15, -0.1) is 11.3 Å². The zero-order valence-electron chi connectivity index (χ0n) is 14.8. The van der Waals surface area contributed by atoms with Crippen molar-refractivity contribution in [2.75, 3.05) is 0 Å². The Kier molecular flexibility index (Phi) is 5.23. The maximum absolute atomic E-state index is 12.8. The summed E-state index contributed by atoms with van der Waals surface area (Å²) in [4.78, 5) is 29.5. The minimum absolute atomic E-state index is 0.0925. The largest absolute Gasteiger partial charge is 0.350 e. The number of carbonyl (C=O) groups is 1. The van der Waals surface area contributed by atoms with Crippen molar-refractivity contribution in [2.45, 2.75) is 13.1 Å². The van der Waals surface area contributed by atoms with Crippen LogP contribution in [0.15, 0.2) is 71.1 Å². The highest BCUT2D eigenvalue weighted by Gasteiger charge is 2.14. The Labute approximate surface area is 170 Å². The SMILES string of the molecule is O=C(Cn1cnc2c(-c3ccccc3)csc2c1=O)NCc1ccccc1Cl. The number of benzene rings is 2. The van der Waals surface area contributed by atoms with E-state index in [1.54, 1.807) is 6.07 Å². The van der Waals surface area contributed by atoms with Gasteiger partial charge in [-0.1, -0.05) is 60.1 Å². The van der Waals surface area contributed by atoms with Crippen molar-refractivity contribution >= 4 is 39.1 Å². The number of aromatic nitrogens is 2. The number of thiophene rings is 1. The van der Waals surface area contributed by atoms with Gasteiger partial charge in [-0.3, -0.25) is 14.2 Å². The maximum atomic E-state index is 12.8. The summed E-state index contributed by atoms with van der Waals surface area (Å²) in [5, 5.41) is 5.31. The second kappa shape index (κ2) is 7.96. The number of nitrogens with zero attached hydrogens (tertiary/aromatic N) is 2. The topological polar surface area (TPSA) is 64.0 Å². The normalized spacial score (nSPS) is 10.9. The van der Waals surface area contributed by atoms with Gasteiger partial charge in [0.15, 0.2) is 0 Å². The molecule has 2 aromatic carbocycles. The summed E-state index contributed by atoms with van der Waals surface area (Å²) in [5.74, 6) is -0.275. The van der Waals surface area contributed by atoms with E-state index in [0.29, 0.717) is 21.8 Å². The Morgan fingerprint density at radius 2 is 1.86 bits per heavy atom. The molecule has 2 aromatic heterocycles. The predicted molar refractivity (Wildman–Crippen MR) is 113 cm³/mol. The van der Waals surface area contributed by atoms with E-state index < -0.39 is 0 Å². The highest BCUT2D eigenvalue weighted by Crippen LogP contribution is 2.30. The molecule has 0 bridgehead atoms. The summed E-state index contributed by atoms with van der Waals surface area (Å²) in [7, 11) is 0. The number of amides is 1. The molecule has 7 heteroatoms. The first-order valence-electron chi connectivity index (χ1n) is 8.65. The number of hydrogen-bond donors (Lipinski definition) is 1. The monoisotopic (exact) mass is 409 g/mol. The molecule has 0 aliphatic heterocycles. The number of rotatable bonds is 5. The van der Waals surface area contributed by atoms with E-state index in [1.165, 1.54) is 22.2 Å². The Morgan fingerprint density at radius 3 is 2.64 bits per heavy atom. The first-order chi connectivity index (χ1) is 13.6. The highest BCUT2D eigenvalue weighted by molar-refractivity contribution is 7.17. The van der Waals surface area contributed by atoms with Crippen LogP contribution in [0.1, 0.15) is 5.56 Å². The molecule has 4 rings (SSSR count). The molecule has 4 aromatic rings. The van der Waals surface area contributed by atoms with Crippen molar-refractivity contribution in [3.05, 3.63) is 87.2 Å². The fraction of sp³-hybridized carbons (Fsp3) is 0.0952. The van der Waals surface area contributed by atoms with Gasteiger partial charge in [0.25, 0.3) is 5.56 Å². The third-order valence-electron chi connectivity index (χ3n) is 4.38. The average Bonchev–Trinajstić information content (AvgIpc) is 3.15. The van der Waals surface area contributed by atoms with Crippen molar-refractivity contribution in [1.82, 2.24) is 14.9 Å². The Bertz CT molecular complexity index is 1200. The lowest BCUT2D eigenvalue weighted by Crippen LogP contribution is -2.32. The van der Waals surface area contributed by atoms with Gasteiger partial charge in [0.1, 0.15) is 11.2 Å². The fourth-order valence-corrected chi connectivity index (χ4v) is 4.10. The van der Waals surface area contributed by atoms with Crippen molar-refractivity contribution in [3.8, 4) is 11.1 Å². The quantitative estimate of drug-likeness (QED) is 0.539. The van der Waals surface area contributed by atoms with Crippen LogP contribution < -0.4 is 10.9 Å². The van der Waals surface area contributed by atoms with E-state index in [0.717, 1.165) is 16.7 Å². The van der Waals surface area contributed by atoms with E-state index in [4.69, 9.17) is 11.6 Å². The number of nitrogens with one attached hydrogen (secondary N) is 1.